The summed E-state index contributed by atoms with van der Waals surface area (Å²) in [5.41, 5.74) is 2.17. The number of nitrogens with zero attached hydrogens (tertiary/aromatic N) is 2. The van der Waals surface area contributed by atoms with Crippen LogP contribution in [0.5, 0.6) is 0 Å². The molecule has 0 fully saturated rings. The molecule has 0 saturated carbocycles. The molecule has 1 unspecified atom stereocenters. The monoisotopic (exact) mass is 325 g/mol. The third-order valence-electron chi connectivity index (χ3n) is 4.25. The minimum Gasteiger partial charge on any atom is -0.373 e. The average molecular weight is 325 g/mol. The number of benzene rings is 2. The van der Waals surface area contributed by atoms with E-state index >= 15 is 0 Å². The maximum atomic E-state index is 12.7. The van der Waals surface area contributed by atoms with Crippen LogP contribution in [0.15, 0.2) is 60.7 Å². The maximum absolute atomic E-state index is 12.7. The Hall–Kier alpha value is -2.33. The van der Waals surface area contributed by atoms with E-state index in [2.05, 4.69) is 34.2 Å². The summed E-state index contributed by atoms with van der Waals surface area (Å²) in [6, 6.07) is 19.9. The smallest absolute Gasteiger partial charge is 0.242 e. The molecule has 128 valence electrons. The van der Waals surface area contributed by atoms with Crippen LogP contribution in [0.25, 0.3) is 0 Å². The summed E-state index contributed by atoms with van der Waals surface area (Å²) in [4.78, 5) is 16.9. The second kappa shape index (κ2) is 9.08. The highest BCUT2D eigenvalue weighted by atomic mass is 16.2. The van der Waals surface area contributed by atoms with Crippen LogP contribution in [0, 0.1) is 0 Å². The van der Waals surface area contributed by atoms with E-state index in [-0.39, 0.29) is 11.9 Å². The van der Waals surface area contributed by atoms with E-state index in [9.17, 15) is 4.79 Å². The van der Waals surface area contributed by atoms with E-state index in [1.807, 2.05) is 62.6 Å². The minimum absolute atomic E-state index is 0.0482. The van der Waals surface area contributed by atoms with E-state index in [1.165, 1.54) is 0 Å². The van der Waals surface area contributed by atoms with E-state index in [1.54, 1.807) is 0 Å². The lowest BCUT2D eigenvalue weighted by Crippen LogP contribution is -2.41. The van der Waals surface area contributed by atoms with Gasteiger partial charge in [-0.25, -0.2) is 0 Å². The van der Waals surface area contributed by atoms with E-state index in [4.69, 9.17) is 0 Å². The highest BCUT2D eigenvalue weighted by molar-refractivity contribution is 5.83. The highest BCUT2D eigenvalue weighted by Gasteiger charge is 2.23. The Labute approximate surface area is 145 Å². The lowest BCUT2D eigenvalue weighted by Gasteiger charge is -2.27. The summed E-state index contributed by atoms with van der Waals surface area (Å²) in [7, 11) is 4.02. The van der Waals surface area contributed by atoms with Crippen molar-refractivity contribution in [2.45, 2.75) is 13.0 Å². The van der Waals surface area contributed by atoms with Gasteiger partial charge in [0.05, 0.1) is 0 Å². The number of anilines is 1. The predicted octanol–water partition coefficient (Wildman–Crippen LogP) is 2.93. The Bertz CT molecular complexity index is 615. The molecule has 0 aliphatic heterocycles. The maximum Gasteiger partial charge on any atom is 0.242 e. The fraction of sp³-hybridized carbons (Fsp3) is 0.350. The molecule has 4 nitrogen and oxygen atoms in total. The van der Waals surface area contributed by atoms with Crippen LogP contribution in [0.3, 0.4) is 0 Å². The van der Waals surface area contributed by atoms with Gasteiger partial charge in [0.15, 0.2) is 0 Å². The van der Waals surface area contributed by atoms with Gasteiger partial charge >= 0.3 is 0 Å². The third kappa shape index (κ3) is 4.83. The van der Waals surface area contributed by atoms with Crippen molar-refractivity contribution in [1.29, 1.82) is 0 Å². The zero-order chi connectivity index (χ0) is 17.4. The molecule has 0 spiro atoms. The lowest BCUT2D eigenvalue weighted by atomic mass is 10.0. The number of carbonyl (C=O) groups is 1. The SMILES string of the molecule is CCN(C)C(C(=O)NCCN(C)c1ccccc1)c1ccccc1. The molecule has 4 heteroatoms. The summed E-state index contributed by atoms with van der Waals surface area (Å²) in [5.74, 6) is 0.0482. The molecule has 0 saturated heterocycles. The van der Waals surface area contributed by atoms with Crippen LogP contribution in [0.2, 0.25) is 0 Å². The second-order valence-corrected chi connectivity index (χ2v) is 5.93. The first-order chi connectivity index (χ1) is 11.6. The van der Waals surface area contributed by atoms with Crippen LogP contribution in [0.1, 0.15) is 18.5 Å². The Balaban J connectivity index is 1.93. The van der Waals surface area contributed by atoms with Gasteiger partial charge in [-0.2, -0.15) is 0 Å². The molecule has 1 amide bonds. The minimum atomic E-state index is -0.252. The standard InChI is InChI=1S/C20H27N3O/c1-4-22(2)19(17-11-7-5-8-12-17)20(24)21-15-16-23(3)18-13-9-6-10-14-18/h5-14,19H,4,15-16H2,1-3H3,(H,21,24). The topological polar surface area (TPSA) is 35.6 Å². The van der Waals surface area contributed by atoms with Crippen molar-refractivity contribution in [3.8, 4) is 0 Å². The molecular weight excluding hydrogens is 298 g/mol. The fourth-order valence-corrected chi connectivity index (χ4v) is 2.68. The van der Waals surface area contributed by atoms with Crippen molar-refractivity contribution >= 4 is 11.6 Å². The van der Waals surface area contributed by atoms with Gasteiger partial charge in [0.2, 0.25) is 5.91 Å². The normalized spacial score (nSPS) is 12.0. The van der Waals surface area contributed by atoms with Gasteiger partial charge in [0.25, 0.3) is 0 Å². The van der Waals surface area contributed by atoms with Crippen molar-refractivity contribution in [2.75, 3.05) is 38.6 Å². The zero-order valence-electron chi connectivity index (χ0n) is 14.8. The molecule has 2 aromatic rings. The van der Waals surface area contributed by atoms with E-state index < -0.39 is 0 Å². The number of para-hydroxylation sites is 1. The molecule has 0 aliphatic rings. The van der Waals surface area contributed by atoms with E-state index in [0.717, 1.165) is 24.3 Å². The number of amides is 1. The summed E-state index contributed by atoms with van der Waals surface area (Å²) < 4.78 is 0. The molecule has 0 heterocycles. The van der Waals surface area contributed by atoms with Crippen molar-refractivity contribution in [3.05, 3.63) is 66.2 Å². The van der Waals surface area contributed by atoms with Crippen LogP contribution in [0.4, 0.5) is 5.69 Å². The summed E-state index contributed by atoms with van der Waals surface area (Å²) in [6.45, 7) is 4.27. The first-order valence-corrected chi connectivity index (χ1v) is 8.42. The molecule has 0 bridgehead atoms. The summed E-state index contributed by atoms with van der Waals surface area (Å²) in [6.07, 6.45) is 0. The van der Waals surface area contributed by atoms with Gasteiger partial charge in [0, 0.05) is 25.8 Å². The molecule has 0 radical (unpaired) electrons. The Morgan fingerprint density at radius 2 is 1.58 bits per heavy atom. The molecule has 0 aliphatic carbocycles. The zero-order valence-corrected chi connectivity index (χ0v) is 14.8. The van der Waals surface area contributed by atoms with Gasteiger partial charge in [-0.1, -0.05) is 55.5 Å². The van der Waals surface area contributed by atoms with Gasteiger partial charge in [-0.3, -0.25) is 9.69 Å². The Morgan fingerprint density at radius 1 is 1.00 bits per heavy atom. The van der Waals surface area contributed by atoms with Gasteiger partial charge in [0.1, 0.15) is 6.04 Å². The molecule has 2 rings (SSSR count). The predicted molar refractivity (Wildman–Crippen MR) is 100 cm³/mol. The van der Waals surface area contributed by atoms with E-state index in [0.29, 0.717) is 6.54 Å². The lowest BCUT2D eigenvalue weighted by molar-refractivity contribution is -0.126. The quantitative estimate of drug-likeness (QED) is 0.810. The third-order valence-corrected chi connectivity index (χ3v) is 4.25. The molecule has 24 heavy (non-hydrogen) atoms. The molecule has 2 aromatic carbocycles. The first kappa shape index (κ1) is 18.0. The van der Waals surface area contributed by atoms with Crippen molar-refractivity contribution < 1.29 is 4.79 Å². The van der Waals surface area contributed by atoms with Gasteiger partial charge < -0.3 is 10.2 Å². The molecule has 0 aromatic heterocycles. The number of nitrogens with one attached hydrogen (secondary N) is 1. The summed E-state index contributed by atoms with van der Waals surface area (Å²) in [5, 5.41) is 3.07. The number of hydrogen-bond acceptors (Lipinski definition) is 3. The number of hydrogen-bond donors (Lipinski definition) is 1. The highest BCUT2D eigenvalue weighted by Crippen LogP contribution is 2.19. The Kier molecular flexibility index (Phi) is 6.82. The molecular formula is C20H27N3O. The van der Waals surface area contributed by atoms with Crippen LogP contribution >= 0.6 is 0 Å². The van der Waals surface area contributed by atoms with Crippen molar-refractivity contribution in [2.24, 2.45) is 0 Å². The van der Waals surface area contributed by atoms with Crippen LogP contribution in [-0.4, -0.2) is 44.5 Å². The molecule has 1 N–H and O–H groups in total. The van der Waals surface area contributed by atoms with Crippen molar-refractivity contribution in [3.63, 3.8) is 0 Å². The van der Waals surface area contributed by atoms with Crippen LogP contribution in [-0.2, 0) is 4.79 Å². The molecule has 1 atom stereocenters. The van der Waals surface area contributed by atoms with Crippen LogP contribution < -0.4 is 10.2 Å². The fourth-order valence-electron chi connectivity index (χ4n) is 2.68. The first-order valence-electron chi connectivity index (χ1n) is 8.42. The van der Waals surface area contributed by atoms with Gasteiger partial charge in [-0.05, 0) is 31.3 Å². The number of rotatable bonds is 8. The Morgan fingerprint density at radius 3 is 2.17 bits per heavy atom. The van der Waals surface area contributed by atoms with Crippen molar-refractivity contribution in [1.82, 2.24) is 10.2 Å². The number of likely N-dealkylation sites (N-methyl/N-ethyl adjacent to an activating group) is 2. The average Bonchev–Trinajstić information content (AvgIpc) is 2.63. The number of carbonyl (C=O) groups excluding carboxylic acids is 1. The van der Waals surface area contributed by atoms with Gasteiger partial charge in [-0.15, -0.1) is 0 Å². The summed E-state index contributed by atoms with van der Waals surface area (Å²) >= 11 is 0. The second-order valence-electron chi connectivity index (χ2n) is 5.93. The largest absolute Gasteiger partial charge is 0.373 e.